The Kier molecular flexibility index (Phi) is 4.95. The molecule has 2 aromatic carbocycles. The molecule has 4 rings (SSSR count). The number of hydrogen-bond donors (Lipinski definition) is 0. The van der Waals surface area contributed by atoms with E-state index < -0.39 is 0 Å². The minimum Gasteiger partial charge on any atom is -0.315 e. The van der Waals surface area contributed by atoms with E-state index in [1.807, 2.05) is 41.9 Å². The first-order valence-electron chi connectivity index (χ1n) is 8.65. The zero-order valence-electron chi connectivity index (χ0n) is 15.3. The highest BCUT2D eigenvalue weighted by Crippen LogP contribution is 2.30. The minimum atomic E-state index is -0.0166. The van der Waals surface area contributed by atoms with Crippen molar-refractivity contribution in [1.29, 1.82) is 0 Å². The van der Waals surface area contributed by atoms with Crippen molar-refractivity contribution >= 4 is 40.7 Å². The molecule has 2 heterocycles. The maximum absolute atomic E-state index is 12.6. The number of hydrogen-bond acceptors (Lipinski definition) is 5. The maximum Gasteiger partial charge on any atom is 0.231 e. The summed E-state index contributed by atoms with van der Waals surface area (Å²) in [6.07, 6.45) is 0.338. The predicted octanol–water partition coefficient (Wildman–Crippen LogP) is 3.63. The van der Waals surface area contributed by atoms with Crippen LogP contribution in [0.1, 0.15) is 15.9 Å². The molecule has 0 bridgehead atoms. The van der Waals surface area contributed by atoms with Crippen LogP contribution in [0, 0.1) is 0 Å². The molecule has 0 unspecified atom stereocenters. The van der Waals surface area contributed by atoms with Crippen molar-refractivity contribution in [2.75, 3.05) is 17.7 Å². The number of amides is 1. The van der Waals surface area contributed by atoms with Gasteiger partial charge in [0.15, 0.2) is 16.8 Å². The van der Waals surface area contributed by atoms with Crippen LogP contribution in [0.25, 0.3) is 11.4 Å². The molecule has 142 valence electrons. The van der Waals surface area contributed by atoms with Crippen molar-refractivity contribution in [1.82, 2.24) is 14.8 Å². The van der Waals surface area contributed by atoms with Crippen LogP contribution in [0.15, 0.2) is 47.6 Å². The molecule has 0 radical (unpaired) electrons. The fraction of sp³-hybridized carbons (Fsp3) is 0.200. The number of halogens is 1. The van der Waals surface area contributed by atoms with Crippen molar-refractivity contribution in [2.24, 2.45) is 7.05 Å². The van der Waals surface area contributed by atoms with E-state index in [0.29, 0.717) is 28.0 Å². The number of anilines is 1. The molecule has 1 amide bonds. The minimum absolute atomic E-state index is 0.0166. The Morgan fingerprint density at radius 2 is 1.96 bits per heavy atom. The number of carbonyl (C=O) groups is 2. The summed E-state index contributed by atoms with van der Waals surface area (Å²) in [4.78, 5) is 26.1. The van der Waals surface area contributed by atoms with E-state index in [1.165, 1.54) is 11.8 Å². The molecule has 0 saturated heterocycles. The topological polar surface area (TPSA) is 68.1 Å². The third kappa shape index (κ3) is 3.31. The summed E-state index contributed by atoms with van der Waals surface area (Å²) in [6, 6.07) is 12.8. The predicted molar refractivity (Wildman–Crippen MR) is 110 cm³/mol. The third-order valence-electron chi connectivity index (χ3n) is 4.76. The summed E-state index contributed by atoms with van der Waals surface area (Å²) in [5, 5.41) is 9.64. The van der Waals surface area contributed by atoms with E-state index in [9.17, 15) is 9.59 Å². The molecular formula is C20H17ClN4O2S. The average molecular weight is 413 g/mol. The summed E-state index contributed by atoms with van der Waals surface area (Å²) in [5.41, 5.74) is 3.16. The highest BCUT2D eigenvalue weighted by atomic mass is 35.5. The Balaban J connectivity index is 1.49. The Hall–Kier alpha value is -2.64. The summed E-state index contributed by atoms with van der Waals surface area (Å²) < 4.78 is 1.83. The molecule has 1 aromatic heterocycles. The van der Waals surface area contributed by atoms with Crippen LogP contribution in [0.3, 0.4) is 0 Å². The number of fused-ring (bicyclic) bond motifs is 1. The van der Waals surface area contributed by atoms with Crippen LogP contribution in [0.5, 0.6) is 0 Å². The van der Waals surface area contributed by atoms with Crippen molar-refractivity contribution in [2.45, 2.75) is 11.6 Å². The number of carbonyl (C=O) groups excluding carboxylic acids is 2. The van der Waals surface area contributed by atoms with Gasteiger partial charge in [0.25, 0.3) is 0 Å². The van der Waals surface area contributed by atoms with Crippen molar-refractivity contribution in [3.05, 3.63) is 58.6 Å². The number of ketones is 1. The number of thioether (sulfide) groups is 1. The quantitative estimate of drug-likeness (QED) is 0.473. The second-order valence-electron chi connectivity index (χ2n) is 6.53. The molecule has 0 N–H and O–H groups in total. The van der Waals surface area contributed by atoms with Crippen LogP contribution < -0.4 is 4.90 Å². The van der Waals surface area contributed by atoms with Crippen LogP contribution in [0.2, 0.25) is 5.02 Å². The van der Waals surface area contributed by atoms with Crippen molar-refractivity contribution in [3.8, 4) is 11.4 Å². The van der Waals surface area contributed by atoms with Gasteiger partial charge in [-0.3, -0.25) is 9.59 Å². The summed E-state index contributed by atoms with van der Waals surface area (Å²) in [6.45, 7) is 0. The van der Waals surface area contributed by atoms with E-state index in [2.05, 4.69) is 10.2 Å². The first-order chi connectivity index (χ1) is 13.5. The molecule has 1 aliphatic heterocycles. The summed E-state index contributed by atoms with van der Waals surface area (Å²) in [7, 11) is 3.60. The van der Waals surface area contributed by atoms with E-state index in [4.69, 9.17) is 11.6 Å². The Morgan fingerprint density at radius 3 is 2.75 bits per heavy atom. The Bertz CT molecular complexity index is 1100. The zero-order valence-corrected chi connectivity index (χ0v) is 16.9. The van der Waals surface area contributed by atoms with Crippen LogP contribution in [-0.2, 0) is 18.3 Å². The Morgan fingerprint density at radius 1 is 1.18 bits per heavy atom. The lowest BCUT2D eigenvalue weighted by Gasteiger charge is -2.10. The van der Waals surface area contributed by atoms with Gasteiger partial charge in [0.05, 0.1) is 17.2 Å². The lowest BCUT2D eigenvalue weighted by Crippen LogP contribution is -2.20. The second-order valence-corrected chi connectivity index (χ2v) is 7.88. The van der Waals surface area contributed by atoms with Crippen LogP contribution >= 0.6 is 23.4 Å². The largest absolute Gasteiger partial charge is 0.315 e. The Labute approximate surface area is 171 Å². The molecule has 8 heteroatoms. The van der Waals surface area contributed by atoms with Gasteiger partial charge < -0.3 is 9.47 Å². The number of Topliss-reactive ketones (excluding diaryl/α,β-unsaturated/α-hetero) is 1. The van der Waals surface area contributed by atoms with E-state index >= 15 is 0 Å². The number of likely N-dealkylation sites (N-methyl/N-ethyl adjacent to an activating group) is 1. The molecule has 1 aliphatic rings. The first kappa shape index (κ1) is 18.7. The van der Waals surface area contributed by atoms with Gasteiger partial charge in [-0.05, 0) is 35.9 Å². The monoisotopic (exact) mass is 412 g/mol. The van der Waals surface area contributed by atoms with Gasteiger partial charge in [0.2, 0.25) is 5.91 Å². The number of rotatable bonds is 5. The third-order valence-corrected chi connectivity index (χ3v) is 6.11. The lowest BCUT2D eigenvalue weighted by atomic mass is 10.1. The molecular weight excluding hydrogens is 396 g/mol. The van der Waals surface area contributed by atoms with Gasteiger partial charge in [-0.15, -0.1) is 10.2 Å². The van der Waals surface area contributed by atoms with Crippen LogP contribution in [0.4, 0.5) is 5.69 Å². The van der Waals surface area contributed by atoms with Gasteiger partial charge in [-0.1, -0.05) is 35.5 Å². The van der Waals surface area contributed by atoms with Gasteiger partial charge >= 0.3 is 0 Å². The summed E-state index contributed by atoms with van der Waals surface area (Å²) in [5.74, 6) is 0.911. The van der Waals surface area contributed by atoms with Gasteiger partial charge in [0.1, 0.15) is 0 Å². The number of aromatic nitrogens is 3. The average Bonchev–Trinajstić information content (AvgIpc) is 3.19. The van der Waals surface area contributed by atoms with E-state index in [1.54, 1.807) is 24.1 Å². The highest BCUT2D eigenvalue weighted by Gasteiger charge is 2.25. The molecule has 0 saturated carbocycles. The molecule has 28 heavy (non-hydrogen) atoms. The van der Waals surface area contributed by atoms with Gasteiger partial charge in [-0.2, -0.15) is 0 Å². The van der Waals surface area contributed by atoms with Gasteiger partial charge in [0, 0.05) is 30.9 Å². The van der Waals surface area contributed by atoms with E-state index in [0.717, 1.165) is 16.8 Å². The lowest BCUT2D eigenvalue weighted by molar-refractivity contribution is -0.117. The highest BCUT2D eigenvalue weighted by molar-refractivity contribution is 7.99. The molecule has 6 nitrogen and oxygen atoms in total. The second kappa shape index (κ2) is 7.41. The van der Waals surface area contributed by atoms with E-state index in [-0.39, 0.29) is 17.4 Å². The fourth-order valence-corrected chi connectivity index (χ4v) is 4.20. The van der Waals surface area contributed by atoms with Crippen molar-refractivity contribution in [3.63, 3.8) is 0 Å². The summed E-state index contributed by atoms with van der Waals surface area (Å²) >= 11 is 7.57. The molecule has 0 spiro atoms. The van der Waals surface area contributed by atoms with Gasteiger partial charge in [-0.25, -0.2) is 0 Å². The smallest absolute Gasteiger partial charge is 0.231 e. The number of nitrogens with zero attached hydrogens (tertiary/aromatic N) is 4. The number of benzene rings is 2. The standard InChI is InChI=1S/C20H17ClN4O2S/c1-24-16-8-7-12(9-13(16)10-18(24)27)17(26)11-28-20-23-22-19(25(20)2)14-5-3-4-6-15(14)21/h3-9H,10-11H2,1-2H3. The maximum atomic E-state index is 12.6. The molecule has 0 aliphatic carbocycles. The zero-order chi connectivity index (χ0) is 19.8. The first-order valence-corrected chi connectivity index (χ1v) is 10.0. The van der Waals surface area contributed by atoms with Crippen LogP contribution in [-0.4, -0.2) is 39.3 Å². The SMILES string of the molecule is CN1C(=O)Cc2cc(C(=O)CSc3nnc(-c4ccccc4Cl)n3C)ccc21. The molecule has 3 aromatic rings. The molecule has 0 fully saturated rings. The van der Waals surface area contributed by atoms with Crippen molar-refractivity contribution < 1.29 is 9.59 Å². The fourth-order valence-electron chi connectivity index (χ4n) is 3.17. The molecule has 0 atom stereocenters. The normalized spacial score (nSPS) is 13.1.